The summed E-state index contributed by atoms with van der Waals surface area (Å²) in [5.41, 5.74) is 1.03. The average Bonchev–Trinajstić information content (AvgIpc) is 3.03. The van der Waals surface area contributed by atoms with E-state index in [1.165, 1.54) is 24.5 Å². The molecule has 0 fully saturated rings. The van der Waals surface area contributed by atoms with Gasteiger partial charge >= 0.3 is 5.97 Å². The standard InChI is InChI=1S/C20H17NO5S/c1-12-13-7-4-6-10-16(13)27-18(12)20(24)26-11-17(22)21-19(23)14-8-3-5-9-15(14)25-2/h3-10H,11H2,1-2H3,(H,21,22,23). The number of aryl methyl sites for hydroxylation is 1. The van der Waals surface area contributed by atoms with Gasteiger partial charge in [-0.15, -0.1) is 11.3 Å². The molecule has 0 aliphatic heterocycles. The van der Waals surface area contributed by atoms with E-state index in [1.807, 2.05) is 31.2 Å². The third kappa shape index (κ3) is 3.98. The van der Waals surface area contributed by atoms with Gasteiger partial charge in [0, 0.05) is 4.70 Å². The van der Waals surface area contributed by atoms with Crippen LogP contribution in [0.2, 0.25) is 0 Å². The molecule has 6 nitrogen and oxygen atoms in total. The van der Waals surface area contributed by atoms with Crippen LogP contribution >= 0.6 is 11.3 Å². The number of fused-ring (bicyclic) bond motifs is 1. The van der Waals surface area contributed by atoms with Crippen LogP contribution in [-0.4, -0.2) is 31.5 Å². The first-order valence-electron chi connectivity index (χ1n) is 8.13. The van der Waals surface area contributed by atoms with Gasteiger partial charge in [0.15, 0.2) is 6.61 Å². The van der Waals surface area contributed by atoms with Crippen LogP contribution in [0.25, 0.3) is 10.1 Å². The van der Waals surface area contributed by atoms with Crippen molar-refractivity contribution in [1.82, 2.24) is 5.32 Å². The number of carbonyl (C=O) groups excluding carboxylic acids is 3. The minimum Gasteiger partial charge on any atom is -0.496 e. The minimum absolute atomic E-state index is 0.222. The van der Waals surface area contributed by atoms with Crippen LogP contribution in [0.4, 0.5) is 0 Å². The molecule has 0 saturated heterocycles. The molecule has 0 radical (unpaired) electrons. The first-order chi connectivity index (χ1) is 13.0. The number of hydrogen-bond donors (Lipinski definition) is 1. The lowest BCUT2D eigenvalue weighted by atomic mass is 10.1. The summed E-state index contributed by atoms with van der Waals surface area (Å²) < 4.78 is 11.1. The first kappa shape index (κ1) is 18.6. The third-order valence-corrected chi connectivity index (χ3v) is 5.22. The highest BCUT2D eigenvalue weighted by Crippen LogP contribution is 2.30. The molecule has 7 heteroatoms. The maximum absolute atomic E-state index is 12.3. The summed E-state index contributed by atoms with van der Waals surface area (Å²) >= 11 is 1.31. The van der Waals surface area contributed by atoms with E-state index >= 15 is 0 Å². The number of carbonyl (C=O) groups is 3. The summed E-state index contributed by atoms with van der Waals surface area (Å²) in [5.74, 6) is -1.57. The van der Waals surface area contributed by atoms with Crippen molar-refractivity contribution < 1.29 is 23.9 Å². The summed E-state index contributed by atoms with van der Waals surface area (Å²) in [7, 11) is 1.43. The smallest absolute Gasteiger partial charge is 0.349 e. The first-order valence-corrected chi connectivity index (χ1v) is 8.95. The number of amides is 2. The van der Waals surface area contributed by atoms with Crippen molar-refractivity contribution in [3.8, 4) is 5.75 Å². The van der Waals surface area contributed by atoms with E-state index in [2.05, 4.69) is 5.32 Å². The van der Waals surface area contributed by atoms with Gasteiger partial charge in [0.1, 0.15) is 10.6 Å². The van der Waals surface area contributed by atoms with Gasteiger partial charge in [-0.3, -0.25) is 14.9 Å². The molecule has 1 heterocycles. The number of ether oxygens (including phenoxy) is 2. The van der Waals surface area contributed by atoms with Gasteiger partial charge in [0.05, 0.1) is 12.7 Å². The molecule has 3 rings (SSSR count). The maximum atomic E-state index is 12.3. The van der Waals surface area contributed by atoms with Gasteiger partial charge in [-0.05, 0) is 36.1 Å². The Hall–Kier alpha value is -3.19. The van der Waals surface area contributed by atoms with Gasteiger partial charge in [-0.1, -0.05) is 30.3 Å². The molecule has 0 saturated carbocycles. The second kappa shape index (κ2) is 8.01. The zero-order valence-corrected chi connectivity index (χ0v) is 15.6. The molecule has 3 aromatic rings. The Balaban J connectivity index is 1.62. The Morgan fingerprint density at radius 2 is 1.74 bits per heavy atom. The molecule has 0 atom stereocenters. The predicted molar refractivity (Wildman–Crippen MR) is 102 cm³/mol. The van der Waals surface area contributed by atoms with Crippen molar-refractivity contribution in [2.75, 3.05) is 13.7 Å². The number of imide groups is 1. The van der Waals surface area contributed by atoms with Gasteiger partial charge < -0.3 is 9.47 Å². The number of esters is 1. The fourth-order valence-electron chi connectivity index (χ4n) is 2.63. The van der Waals surface area contributed by atoms with Crippen LogP contribution in [0, 0.1) is 6.92 Å². The van der Waals surface area contributed by atoms with Crippen LogP contribution in [-0.2, 0) is 9.53 Å². The quantitative estimate of drug-likeness (QED) is 0.684. The fourth-order valence-corrected chi connectivity index (χ4v) is 3.73. The zero-order chi connectivity index (χ0) is 19.4. The molecule has 138 valence electrons. The predicted octanol–water partition coefficient (Wildman–Crippen LogP) is 3.33. The molecule has 27 heavy (non-hydrogen) atoms. The third-order valence-electron chi connectivity index (χ3n) is 3.97. The van der Waals surface area contributed by atoms with Crippen molar-refractivity contribution in [1.29, 1.82) is 0 Å². The molecule has 1 N–H and O–H groups in total. The van der Waals surface area contributed by atoms with Gasteiger partial charge in [-0.2, -0.15) is 0 Å². The molecule has 2 amide bonds. The van der Waals surface area contributed by atoms with Crippen LogP contribution < -0.4 is 10.1 Å². The lowest BCUT2D eigenvalue weighted by molar-refractivity contribution is -0.123. The van der Waals surface area contributed by atoms with Gasteiger partial charge in [-0.25, -0.2) is 4.79 Å². The Kier molecular flexibility index (Phi) is 5.52. The number of thiophene rings is 1. The SMILES string of the molecule is COc1ccccc1C(=O)NC(=O)COC(=O)c1sc2ccccc2c1C. The molecule has 0 unspecified atom stereocenters. The zero-order valence-electron chi connectivity index (χ0n) is 14.8. The Morgan fingerprint density at radius 3 is 2.48 bits per heavy atom. The second-order valence-corrected chi connectivity index (χ2v) is 6.76. The van der Waals surface area contributed by atoms with Crippen LogP contribution in [0.1, 0.15) is 25.6 Å². The number of methoxy groups -OCH3 is 1. The monoisotopic (exact) mass is 383 g/mol. The van der Waals surface area contributed by atoms with Crippen LogP contribution in [0.15, 0.2) is 48.5 Å². The molecule has 2 aromatic carbocycles. The van der Waals surface area contributed by atoms with Gasteiger partial charge in [0.25, 0.3) is 11.8 Å². The van der Waals surface area contributed by atoms with Crippen molar-refractivity contribution in [2.45, 2.75) is 6.92 Å². The number of hydrogen-bond acceptors (Lipinski definition) is 6. The Bertz CT molecular complexity index is 1020. The lowest BCUT2D eigenvalue weighted by Gasteiger charge is -2.08. The molecule has 0 aliphatic carbocycles. The number of rotatable bonds is 5. The largest absolute Gasteiger partial charge is 0.496 e. The number of para-hydroxylation sites is 1. The van der Waals surface area contributed by atoms with Crippen molar-refractivity contribution >= 4 is 39.2 Å². The summed E-state index contributed by atoms with van der Waals surface area (Å²) in [6.07, 6.45) is 0. The Labute approximate surface area is 159 Å². The topological polar surface area (TPSA) is 81.7 Å². The van der Waals surface area contributed by atoms with Crippen molar-refractivity contribution in [2.24, 2.45) is 0 Å². The number of benzene rings is 2. The van der Waals surface area contributed by atoms with Crippen molar-refractivity contribution in [3.63, 3.8) is 0 Å². The maximum Gasteiger partial charge on any atom is 0.349 e. The Morgan fingerprint density at radius 1 is 1.04 bits per heavy atom. The minimum atomic E-state index is -0.710. The number of nitrogens with one attached hydrogen (secondary N) is 1. The van der Waals surface area contributed by atoms with E-state index in [0.29, 0.717) is 10.6 Å². The average molecular weight is 383 g/mol. The fraction of sp³-hybridized carbons (Fsp3) is 0.150. The summed E-state index contributed by atoms with van der Waals surface area (Å²) in [6, 6.07) is 14.2. The van der Waals surface area contributed by atoms with E-state index in [0.717, 1.165) is 15.6 Å². The molecule has 0 spiro atoms. The summed E-state index contributed by atoms with van der Waals surface area (Å²) in [6.45, 7) is 1.29. The van der Waals surface area contributed by atoms with E-state index in [9.17, 15) is 14.4 Å². The van der Waals surface area contributed by atoms with Crippen LogP contribution in [0.5, 0.6) is 5.75 Å². The summed E-state index contributed by atoms with van der Waals surface area (Å²) in [4.78, 5) is 36.9. The highest BCUT2D eigenvalue weighted by molar-refractivity contribution is 7.21. The molecular weight excluding hydrogens is 366 g/mol. The van der Waals surface area contributed by atoms with E-state index < -0.39 is 24.4 Å². The van der Waals surface area contributed by atoms with Crippen LogP contribution in [0.3, 0.4) is 0 Å². The molecule has 0 aliphatic rings. The second-order valence-electron chi connectivity index (χ2n) is 5.71. The van der Waals surface area contributed by atoms with Gasteiger partial charge in [0.2, 0.25) is 0 Å². The molecular formula is C20H17NO5S. The van der Waals surface area contributed by atoms with E-state index in [-0.39, 0.29) is 5.56 Å². The molecule has 0 bridgehead atoms. The summed E-state index contributed by atoms with van der Waals surface area (Å²) in [5, 5.41) is 3.16. The van der Waals surface area contributed by atoms with E-state index in [4.69, 9.17) is 9.47 Å². The lowest BCUT2D eigenvalue weighted by Crippen LogP contribution is -2.34. The highest BCUT2D eigenvalue weighted by Gasteiger charge is 2.19. The van der Waals surface area contributed by atoms with E-state index in [1.54, 1.807) is 18.2 Å². The highest BCUT2D eigenvalue weighted by atomic mass is 32.1. The molecule has 1 aromatic heterocycles. The van der Waals surface area contributed by atoms with Crippen molar-refractivity contribution in [3.05, 3.63) is 64.5 Å². The normalized spacial score (nSPS) is 10.4.